The van der Waals surface area contributed by atoms with Crippen molar-refractivity contribution >= 4 is 18.4 Å². The number of rotatable bonds is 2. The van der Waals surface area contributed by atoms with E-state index < -0.39 is 0 Å². The van der Waals surface area contributed by atoms with Gasteiger partial charge in [0.15, 0.2) is 0 Å². The van der Waals surface area contributed by atoms with Crippen LogP contribution >= 0.6 is 0 Å². The standard InChI is InChI=1S/C11H17BN2/c1-4-13-10-8-6-7-9-11(10)14(5-2)12(13)3/h6-9H,4-5H2,1-3H3. The topological polar surface area (TPSA) is 6.48 Å². The lowest BCUT2D eigenvalue weighted by atomic mass is 9.77. The van der Waals surface area contributed by atoms with Crippen LogP contribution in [0.15, 0.2) is 24.3 Å². The van der Waals surface area contributed by atoms with Gasteiger partial charge < -0.3 is 9.62 Å². The third-order valence-corrected chi connectivity index (χ3v) is 3.08. The lowest BCUT2D eigenvalue weighted by Gasteiger charge is -2.24. The van der Waals surface area contributed by atoms with Crippen LogP contribution in [0.3, 0.4) is 0 Å². The first-order valence-corrected chi connectivity index (χ1v) is 5.41. The molecule has 14 heavy (non-hydrogen) atoms. The van der Waals surface area contributed by atoms with Crippen LogP contribution in [0.1, 0.15) is 13.8 Å². The highest BCUT2D eigenvalue weighted by Crippen LogP contribution is 2.36. The molecule has 0 aliphatic carbocycles. The molecule has 1 aromatic rings. The van der Waals surface area contributed by atoms with Crippen LogP contribution in [0, 0.1) is 0 Å². The van der Waals surface area contributed by atoms with E-state index in [9.17, 15) is 0 Å². The molecule has 1 aliphatic rings. The Balaban J connectivity index is 2.45. The summed E-state index contributed by atoms with van der Waals surface area (Å²) in [6, 6.07) is 8.66. The summed E-state index contributed by atoms with van der Waals surface area (Å²) in [4.78, 5) is 4.89. The number of para-hydroxylation sites is 2. The monoisotopic (exact) mass is 188 g/mol. The van der Waals surface area contributed by atoms with Gasteiger partial charge in [0.05, 0.1) is 0 Å². The van der Waals surface area contributed by atoms with Gasteiger partial charge in [-0.3, -0.25) is 0 Å². The van der Waals surface area contributed by atoms with Gasteiger partial charge >= 0.3 is 6.98 Å². The van der Waals surface area contributed by atoms with Gasteiger partial charge in [-0.05, 0) is 32.8 Å². The highest BCUT2D eigenvalue weighted by molar-refractivity contribution is 6.68. The maximum absolute atomic E-state index is 2.44. The van der Waals surface area contributed by atoms with Crippen molar-refractivity contribution in [2.75, 3.05) is 22.7 Å². The molecule has 0 saturated heterocycles. The fraction of sp³-hybridized carbons (Fsp3) is 0.455. The van der Waals surface area contributed by atoms with Gasteiger partial charge in [-0.15, -0.1) is 0 Å². The smallest absolute Gasteiger partial charge is 0.372 e. The van der Waals surface area contributed by atoms with E-state index in [4.69, 9.17) is 0 Å². The minimum absolute atomic E-state index is 0.502. The molecule has 0 bridgehead atoms. The Kier molecular flexibility index (Phi) is 2.40. The van der Waals surface area contributed by atoms with E-state index in [1.54, 1.807) is 0 Å². The van der Waals surface area contributed by atoms with Crippen LogP contribution in [-0.4, -0.2) is 20.1 Å². The van der Waals surface area contributed by atoms with Crippen LogP contribution in [0.2, 0.25) is 6.82 Å². The Morgan fingerprint density at radius 3 is 1.79 bits per heavy atom. The minimum atomic E-state index is 0.502. The molecule has 0 spiro atoms. The SMILES string of the molecule is CCN1B(C)N(CC)c2ccccc21. The molecular weight excluding hydrogens is 171 g/mol. The number of hydrogen-bond donors (Lipinski definition) is 0. The van der Waals surface area contributed by atoms with Crippen molar-refractivity contribution in [3.63, 3.8) is 0 Å². The second kappa shape index (κ2) is 3.56. The second-order valence-corrected chi connectivity index (χ2v) is 3.69. The van der Waals surface area contributed by atoms with Crippen LogP contribution in [0.5, 0.6) is 0 Å². The van der Waals surface area contributed by atoms with Gasteiger partial charge in [0.1, 0.15) is 0 Å². The Bertz CT molecular complexity index is 296. The summed E-state index contributed by atoms with van der Waals surface area (Å²) < 4.78 is 0. The molecule has 74 valence electrons. The summed E-state index contributed by atoms with van der Waals surface area (Å²) in [6.07, 6.45) is 0. The number of hydrogen-bond acceptors (Lipinski definition) is 2. The van der Waals surface area contributed by atoms with Gasteiger partial charge in [-0.2, -0.15) is 0 Å². The second-order valence-electron chi connectivity index (χ2n) is 3.69. The predicted octanol–water partition coefficient (Wildman–Crippen LogP) is 2.47. The van der Waals surface area contributed by atoms with E-state index in [-0.39, 0.29) is 0 Å². The number of fused-ring (bicyclic) bond motifs is 1. The van der Waals surface area contributed by atoms with Crippen LogP contribution < -0.4 is 9.62 Å². The zero-order chi connectivity index (χ0) is 10.1. The van der Waals surface area contributed by atoms with Crippen LogP contribution in [-0.2, 0) is 0 Å². The number of nitrogens with zero attached hydrogens (tertiary/aromatic N) is 2. The molecule has 3 heteroatoms. The molecule has 2 nitrogen and oxygen atoms in total. The van der Waals surface area contributed by atoms with E-state index in [1.165, 1.54) is 11.4 Å². The summed E-state index contributed by atoms with van der Waals surface area (Å²) in [5.74, 6) is 0. The molecule has 0 radical (unpaired) electrons. The Morgan fingerprint density at radius 1 is 1.00 bits per heavy atom. The summed E-state index contributed by atoms with van der Waals surface area (Å²) in [5.41, 5.74) is 2.76. The van der Waals surface area contributed by atoms with Gasteiger partial charge in [-0.1, -0.05) is 12.1 Å². The highest BCUT2D eigenvalue weighted by atomic mass is 15.3. The molecule has 0 atom stereocenters. The molecule has 0 fully saturated rings. The van der Waals surface area contributed by atoms with Crippen molar-refractivity contribution in [3.8, 4) is 0 Å². The molecule has 1 aromatic carbocycles. The van der Waals surface area contributed by atoms with Crippen LogP contribution in [0.25, 0.3) is 0 Å². The quantitative estimate of drug-likeness (QED) is 0.657. The molecule has 0 aromatic heterocycles. The van der Waals surface area contributed by atoms with E-state index in [2.05, 4.69) is 54.6 Å². The minimum Gasteiger partial charge on any atom is -0.395 e. The molecule has 2 rings (SSSR count). The third kappa shape index (κ3) is 1.19. The number of anilines is 2. The summed E-state index contributed by atoms with van der Waals surface area (Å²) in [5, 5.41) is 0. The zero-order valence-electron chi connectivity index (χ0n) is 9.20. The molecule has 0 N–H and O–H groups in total. The summed E-state index contributed by atoms with van der Waals surface area (Å²) >= 11 is 0. The predicted molar refractivity (Wildman–Crippen MR) is 64.1 cm³/mol. The van der Waals surface area contributed by atoms with Gasteiger partial charge in [0.25, 0.3) is 0 Å². The first-order chi connectivity index (χ1) is 6.79. The number of benzene rings is 1. The van der Waals surface area contributed by atoms with E-state index in [1.807, 2.05) is 0 Å². The fourth-order valence-corrected chi connectivity index (χ4v) is 2.39. The largest absolute Gasteiger partial charge is 0.395 e. The van der Waals surface area contributed by atoms with Crippen molar-refractivity contribution in [2.45, 2.75) is 20.7 Å². The Morgan fingerprint density at radius 2 is 1.43 bits per heavy atom. The van der Waals surface area contributed by atoms with Gasteiger partial charge in [-0.25, -0.2) is 0 Å². The van der Waals surface area contributed by atoms with Crippen molar-refractivity contribution in [3.05, 3.63) is 24.3 Å². The zero-order valence-corrected chi connectivity index (χ0v) is 9.20. The maximum Gasteiger partial charge on any atom is 0.372 e. The normalized spacial score (nSPS) is 14.9. The molecule has 0 saturated carbocycles. The molecular formula is C11H17BN2. The van der Waals surface area contributed by atoms with E-state index in [0.29, 0.717) is 6.98 Å². The highest BCUT2D eigenvalue weighted by Gasteiger charge is 2.33. The molecule has 0 amide bonds. The van der Waals surface area contributed by atoms with E-state index >= 15 is 0 Å². The van der Waals surface area contributed by atoms with Crippen molar-refractivity contribution in [2.24, 2.45) is 0 Å². The Labute approximate surface area is 86.6 Å². The maximum atomic E-state index is 2.44. The molecule has 0 unspecified atom stereocenters. The van der Waals surface area contributed by atoms with Crippen molar-refractivity contribution < 1.29 is 0 Å². The lowest BCUT2D eigenvalue weighted by Crippen LogP contribution is -2.45. The van der Waals surface area contributed by atoms with Gasteiger partial charge in [0.2, 0.25) is 0 Å². The average molecular weight is 188 g/mol. The summed E-state index contributed by atoms with van der Waals surface area (Å²) in [6.45, 7) is 9.36. The molecule has 1 heterocycles. The van der Waals surface area contributed by atoms with E-state index in [0.717, 1.165) is 13.1 Å². The lowest BCUT2D eigenvalue weighted by molar-refractivity contribution is 1.05. The summed E-state index contributed by atoms with van der Waals surface area (Å²) in [7, 11) is 0. The molecule has 1 aliphatic heterocycles. The Hall–Kier alpha value is -1.12. The van der Waals surface area contributed by atoms with Crippen molar-refractivity contribution in [1.82, 2.24) is 0 Å². The van der Waals surface area contributed by atoms with Gasteiger partial charge in [0, 0.05) is 24.5 Å². The average Bonchev–Trinajstić information content (AvgIpc) is 2.49. The first-order valence-electron chi connectivity index (χ1n) is 5.41. The third-order valence-electron chi connectivity index (χ3n) is 3.08. The first kappa shape index (κ1) is 9.44. The van der Waals surface area contributed by atoms with Crippen LogP contribution in [0.4, 0.5) is 11.4 Å². The van der Waals surface area contributed by atoms with Crippen molar-refractivity contribution in [1.29, 1.82) is 0 Å². The fourth-order valence-electron chi connectivity index (χ4n) is 2.39.